The molecule has 0 spiro atoms. The molecular weight excluding hydrogens is 785 g/mol. The van der Waals surface area contributed by atoms with Gasteiger partial charge in [-0.3, -0.25) is 9.59 Å². The van der Waals surface area contributed by atoms with E-state index in [0.29, 0.717) is 43.1 Å². The second-order valence-electron chi connectivity index (χ2n) is 18.0. The smallest absolute Gasteiger partial charge is 0.227 e. The van der Waals surface area contributed by atoms with Crippen LogP contribution in [0.1, 0.15) is 141 Å². The summed E-state index contributed by atoms with van der Waals surface area (Å²) in [5.41, 5.74) is 19.3. The number of nitrogens with two attached hydrogens (primary N) is 2. The molecule has 10 nitrogen and oxygen atoms in total. The molecule has 332 valence electrons. The summed E-state index contributed by atoms with van der Waals surface area (Å²) in [6.45, 7) is 7.53. The molecule has 9 rings (SSSR count). The number of anilines is 1. The van der Waals surface area contributed by atoms with Crippen molar-refractivity contribution in [3.63, 3.8) is 0 Å². The maximum atomic E-state index is 12.6. The molecule has 2 heterocycles. The van der Waals surface area contributed by atoms with Crippen molar-refractivity contribution in [3.05, 3.63) is 124 Å². The van der Waals surface area contributed by atoms with Gasteiger partial charge in [-0.05, 0) is 155 Å². The van der Waals surface area contributed by atoms with E-state index in [4.69, 9.17) is 31.5 Å². The SMILES string of the molecule is Cc1ccc([C@@H]2CNC(=O)C2)cc1OC1CCCC1.Cc1ccc([C@H]2CC(=O)N(c3cccc(C#N)c3)C2)cc1OC1CCCC1.Cc1cccc(C#N)c1.N[C@H]1CCCC[C@@H]1N. The van der Waals surface area contributed by atoms with E-state index in [1.54, 1.807) is 23.1 Å². The number of carbonyl (C=O) groups is 2. The van der Waals surface area contributed by atoms with Crippen LogP contribution in [0.4, 0.5) is 5.69 Å². The Morgan fingerprint density at radius 1 is 0.619 bits per heavy atom. The Labute approximate surface area is 374 Å². The van der Waals surface area contributed by atoms with Crippen molar-refractivity contribution in [2.24, 2.45) is 11.5 Å². The van der Waals surface area contributed by atoms with Gasteiger partial charge in [0.1, 0.15) is 11.5 Å². The quantitative estimate of drug-likeness (QED) is 0.165. The third-order valence-electron chi connectivity index (χ3n) is 13.0. The van der Waals surface area contributed by atoms with Gasteiger partial charge < -0.3 is 31.2 Å². The first-order chi connectivity index (χ1) is 30.5. The maximum absolute atomic E-state index is 12.6. The Morgan fingerprint density at radius 2 is 1.13 bits per heavy atom. The standard InChI is InChI=1S/C23H24N2O2.C16H21NO2.C8H7N.C6H14N2/c1-16-9-10-18(12-22(16)27-21-7-2-3-8-21)19-13-23(26)25(15-19)20-6-4-5-17(11-20)14-24;1-11-6-7-12(13-9-16(18)17-10-13)8-15(11)19-14-4-2-3-5-14;1-7-3-2-4-8(5-7)6-9;7-5-3-1-2-4-6(5)8/h4-6,9-12,19,21H,2-3,7-8,13,15H2,1H3;6-8,13-14H,2-5,9-10H2,1H3,(H,17,18);2-5H,1H3;5-6H,1-4,7-8H2/t19-;13-;;5-,6-/m00.0/s1. The Kier molecular flexibility index (Phi) is 17.2. The Morgan fingerprint density at radius 3 is 1.60 bits per heavy atom. The van der Waals surface area contributed by atoms with E-state index in [1.165, 1.54) is 62.5 Å². The van der Waals surface area contributed by atoms with Crippen molar-refractivity contribution in [1.29, 1.82) is 10.5 Å². The minimum Gasteiger partial charge on any atom is -0.490 e. The van der Waals surface area contributed by atoms with E-state index >= 15 is 0 Å². The lowest BCUT2D eigenvalue weighted by atomic mass is 9.92. The van der Waals surface area contributed by atoms with Crippen LogP contribution in [-0.4, -0.2) is 49.2 Å². The Balaban J connectivity index is 0.000000158. The number of benzene rings is 4. The largest absolute Gasteiger partial charge is 0.490 e. The number of rotatable bonds is 7. The fourth-order valence-corrected chi connectivity index (χ4v) is 9.03. The van der Waals surface area contributed by atoms with Crippen LogP contribution in [0.5, 0.6) is 11.5 Å². The van der Waals surface area contributed by atoms with Crippen LogP contribution in [0.25, 0.3) is 0 Å². The fraction of sp³-hybridized carbons (Fsp3) is 0.472. The summed E-state index contributed by atoms with van der Waals surface area (Å²) < 4.78 is 12.4. The van der Waals surface area contributed by atoms with E-state index in [0.717, 1.165) is 71.7 Å². The second-order valence-corrected chi connectivity index (χ2v) is 18.0. The zero-order chi connectivity index (χ0) is 44.7. The number of ether oxygens (including phenoxy) is 2. The summed E-state index contributed by atoms with van der Waals surface area (Å²) in [6.07, 6.45) is 16.3. The van der Waals surface area contributed by atoms with E-state index in [1.807, 2.05) is 37.3 Å². The van der Waals surface area contributed by atoms with Crippen LogP contribution < -0.4 is 31.2 Å². The average Bonchev–Trinajstić information content (AvgIpc) is 4.15. The molecule has 3 saturated carbocycles. The van der Waals surface area contributed by atoms with Crippen molar-refractivity contribution < 1.29 is 19.1 Å². The normalized spacial score (nSPS) is 22.0. The molecule has 0 unspecified atom stereocenters. The van der Waals surface area contributed by atoms with Gasteiger partial charge in [0.2, 0.25) is 11.8 Å². The van der Waals surface area contributed by atoms with Crippen LogP contribution in [0, 0.1) is 43.4 Å². The topological polar surface area (TPSA) is 167 Å². The summed E-state index contributed by atoms with van der Waals surface area (Å²) in [7, 11) is 0. The molecule has 0 aromatic heterocycles. The summed E-state index contributed by atoms with van der Waals surface area (Å²) in [5, 5.41) is 20.4. The molecule has 2 aliphatic heterocycles. The van der Waals surface area contributed by atoms with Crippen molar-refractivity contribution in [3.8, 4) is 23.6 Å². The van der Waals surface area contributed by atoms with Crippen molar-refractivity contribution in [2.75, 3.05) is 18.0 Å². The summed E-state index contributed by atoms with van der Waals surface area (Å²) in [4.78, 5) is 25.7. The van der Waals surface area contributed by atoms with Gasteiger partial charge in [-0.2, -0.15) is 10.5 Å². The summed E-state index contributed by atoms with van der Waals surface area (Å²) in [5.74, 6) is 2.67. The minimum atomic E-state index is 0.105. The predicted octanol–water partition coefficient (Wildman–Crippen LogP) is 9.71. The highest BCUT2D eigenvalue weighted by Gasteiger charge is 2.32. The summed E-state index contributed by atoms with van der Waals surface area (Å²) >= 11 is 0. The van der Waals surface area contributed by atoms with Gasteiger partial charge in [0.15, 0.2) is 0 Å². The molecule has 4 atom stereocenters. The van der Waals surface area contributed by atoms with Crippen molar-refractivity contribution in [1.82, 2.24) is 5.32 Å². The Bertz CT molecular complexity index is 2220. The van der Waals surface area contributed by atoms with Crippen LogP contribution >= 0.6 is 0 Å². The molecule has 0 bridgehead atoms. The average molecular weight is 851 g/mol. The third-order valence-corrected chi connectivity index (χ3v) is 13.0. The van der Waals surface area contributed by atoms with Gasteiger partial charge in [-0.25, -0.2) is 0 Å². The minimum absolute atomic E-state index is 0.105. The van der Waals surface area contributed by atoms with Gasteiger partial charge in [-0.15, -0.1) is 0 Å². The highest BCUT2D eigenvalue weighted by molar-refractivity contribution is 5.96. The van der Waals surface area contributed by atoms with Crippen molar-refractivity contribution in [2.45, 2.75) is 147 Å². The monoisotopic (exact) mass is 851 g/mol. The predicted molar refractivity (Wildman–Crippen MR) is 250 cm³/mol. The molecule has 4 aromatic carbocycles. The first kappa shape index (κ1) is 46.8. The number of hydrogen-bond donors (Lipinski definition) is 3. The number of hydrogen-bond acceptors (Lipinski definition) is 8. The van der Waals surface area contributed by atoms with E-state index in [-0.39, 0.29) is 29.8 Å². The van der Waals surface area contributed by atoms with Crippen LogP contribution in [0.3, 0.4) is 0 Å². The van der Waals surface area contributed by atoms with Gasteiger partial charge in [0.25, 0.3) is 0 Å². The number of amides is 2. The molecule has 5 aliphatic rings. The molecule has 5 N–H and O–H groups in total. The van der Waals surface area contributed by atoms with Crippen molar-refractivity contribution >= 4 is 17.5 Å². The first-order valence-corrected chi connectivity index (χ1v) is 23.1. The number of aryl methyl sites for hydroxylation is 3. The highest BCUT2D eigenvalue weighted by Crippen LogP contribution is 2.36. The number of nitrogens with zero attached hydrogens (tertiary/aromatic N) is 3. The molecule has 2 saturated heterocycles. The number of nitriles is 2. The van der Waals surface area contributed by atoms with E-state index < -0.39 is 0 Å². The number of nitrogens with one attached hydrogen (secondary N) is 1. The lowest BCUT2D eigenvalue weighted by Crippen LogP contribution is -2.43. The molecule has 5 fully saturated rings. The van der Waals surface area contributed by atoms with Gasteiger partial charge in [0.05, 0.1) is 35.5 Å². The third kappa shape index (κ3) is 13.7. The molecule has 2 amide bonds. The molecule has 4 aromatic rings. The van der Waals surface area contributed by atoms with Crippen LogP contribution in [0.15, 0.2) is 84.9 Å². The molecular formula is C53H66N6O4. The molecule has 10 heteroatoms. The molecule has 63 heavy (non-hydrogen) atoms. The lowest BCUT2D eigenvalue weighted by Gasteiger charge is -2.24. The molecule has 3 aliphatic carbocycles. The second kappa shape index (κ2) is 23.1. The molecule has 0 radical (unpaired) electrons. The number of carbonyl (C=O) groups excluding carboxylic acids is 2. The summed E-state index contributed by atoms with van der Waals surface area (Å²) in [6, 6.07) is 32.3. The maximum Gasteiger partial charge on any atom is 0.227 e. The zero-order valence-corrected chi connectivity index (χ0v) is 37.5. The lowest BCUT2D eigenvalue weighted by molar-refractivity contribution is -0.119. The van der Waals surface area contributed by atoms with Gasteiger partial charge in [-0.1, -0.05) is 55.3 Å². The van der Waals surface area contributed by atoms with Gasteiger partial charge >= 0.3 is 0 Å². The zero-order valence-electron chi connectivity index (χ0n) is 37.5. The first-order valence-electron chi connectivity index (χ1n) is 23.1. The van der Waals surface area contributed by atoms with E-state index in [2.05, 4.69) is 67.7 Å². The van der Waals surface area contributed by atoms with Crippen LogP contribution in [0.2, 0.25) is 0 Å². The van der Waals surface area contributed by atoms with Crippen LogP contribution in [-0.2, 0) is 9.59 Å². The van der Waals surface area contributed by atoms with Gasteiger partial charge in [0, 0.05) is 55.5 Å². The highest BCUT2D eigenvalue weighted by atomic mass is 16.5. The van der Waals surface area contributed by atoms with E-state index in [9.17, 15) is 9.59 Å². The fourth-order valence-electron chi connectivity index (χ4n) is 9.03. The Hall–Kier alpha value is -5.68.